The minimum atomic E-state index is 0.557. The molecule has 0 radical (unpaired) electrons. The first kappa shape index (κ1) is 15.8. The number of benzene rings is 1. The van der Waals surface area contributed by atoms with Gasteiger partial charge in [-0.3, -0.25) is 4.40 Å². The SMILES string of the molecule is CC1[C@H]2CN(c3ncc(Sc4cccc(Cl)c4Cl)c4nccn34)C[C@@H]12. The first-order valence-corrected chi connectivity index (χ1v) is 9.89. The highest BCUT2D eigenvalue weighted by Gasteiger charge is 2.53. The second kappa shape index (κ2) is 5.79. The molecule has 0 spiro atoms. The summed E-state index contributed by atoms with van der Waals surface area (Å²) in [6.07, 6.45) is 5.70. The average Bonchev–Trinajstić information content (AvgIpc) is 3.06. The molecule has 2 aliphatic rings. The van der Waals surface area contributed by atoms with Gasteiger partial charge in [0, 0.05) is 36.6 Å². The van der Waals surface area contributed by atoms with E-state index >= 15 is 0 Å². The highest BCUT2D eigenvalue weighted by Crippen LogP contribution is 2.52. The largest absolute Gasteiger partial charge is 0.341 e. The summed E-state index contributed by atoms with van der Waals surface area (Å²) in [5.74, 6) is 3.52. The highest BCUT2D eigenvalue weighted by atomic mass is 35.5. The summed E-state index contributed by atoms with van der Waals surface area (Å²) in [5, 5.41) is 1.12. The molecule has 0 bridgehead atoms. The van der Waals surface area contributed by atoms with Crippen LogP contribution in [-0.4, -0.2) is 27.5 Å². The van der Waals surface area contributed by atoms with Gasteiger partial charge in [-0.2, -0.15) is 0 Å². The smallest absolute Gasteiger partial charge is 0.211 e. The van der Waals surface area contributed by atoms with Crippen LogP contribution in [0.15, 0.2) is 46.6 Å². The van der Waals surface area contributed by atoms with Crippen molar-refractivity contribution in [1.29, 1.82) is 0 Å². The Labute approximate surface area is 160 Å². The predicted octanol–water partition coefficient (Wildman–Crippen LogP) is 4.89. The molecule has 3 aromatic rings. The fraction of sp³-hybridized carbons (Fsp3) is 0.333. The van der Waals surface area contributed by atoms with Crippen LogP contribution in [0.4, 0.5) is 5.95 Å². The van der Waals surface area contributed by atoms with E-state index in [0.717, 1.165) is 52.2 Å². The van der Waals surface area contributed by atoms with Crippen LogP contribution in [-0.2, 0) is 0 Å². The van der Waals surface area contributed by atoms with E-state index in [-0.39, 0.29) is 0 Å². The Balaban J connectivity index is 1.50. The van der Waals surface area contributed by atoms with Crippen LogP contribution in [0.3, 0.4) is 0 Å². The van der Waals surface area contributed by atoms with Crippen molar-refractivity contribution in [3.05, 3.63) is 46.8 Å². The molecule has 1 saturated heterocycles. The fourth-order valence-corrected chi connectivity index (χ4v) is 5.26. The molecule has 5 rings (SSSR count). The summed E-state index contributed by atoms with van der Waals surface area (Å²) in [6, 6.07) is 5.65. The number of fused-ring (bicyclic) bond motifs is 2. The quantitative estimate of drug-likeness (QED) is 0.637. The molecule has 1 aromatic carbocycles. The number of nitrogens with zero attached hydrogens (tertiary/aromatic N) is 4. The first-order valence-electron chi connectivity index (χ1n) is 8.32. The molecule has 4 nitrogen and oxygen atoms in total. The van der Waals surface area contributed by atoms with Gasteiger partial charge in [0.2, 0.25) is 5.95 Å². The van der Waals surface area contributed by atoms with Gasteiger partial charge in [0.25, 0.3) is 0 Å². The van der Waals surface area contributed by atoms with Crippen molar-refractivity contribution in [2.24, 2.45) is 17.8 Å². The van der Waals surface area contributed by atoms with Crippen molar-refractivity contribution in [3.63, 3.8) is 0 Å². The van der Waals surface area contributed by atoms with Crippen LogP contribution in [0, 0.1) is 17.8 Å². The Morgan fingerprint density at radius 2 is 1.92 bits per heavy atom. The van der Waals surface area contributed by atoms with Gasteiger partial charge >= 0.3 is 0 Å². The summed E-state index contributed by atoms with van der Waals surface area (Å²) < 4.78 is 2.08. The fourth-order valence-electron chi connectivity index (χ4n) is 3.86. The second-order valence-electron chi connectivity index (χ2n) is 6.79. The van der Waals surface area contributed by atoms with E-state index in [1.807, 2.05) is 30.7 Å². The monoisotopic (exact) mass is 390 g/mol. The number of piperidine rings is 1. The van der Waals surface area contributed by atoms with Gasteiger partial charge in [-0.15, -0.1) is 0 Å². The molecule has 0 N–H and O–H groups in total. The number of hydrogen-bond acceptors (Lipinski definition) is 4. The van der Waals surface area contributed by atoms with Crippen LogP contribution in [0.5, 0.6) is 0 Å². The number of halogens is 2. The van der Waals surface area contributed by atoms with Crippen molar-refractivity contribution < 1.29 is 0 Å². The summed E-state index contributed by atoms with van der Waals surface area (Å²) in [5.41, 5.74) is 0.902. The molecule has 7 heteroatoms. The van der Waals surface area contributed by atoms with Gasteiger partial charge in [0.05, 0.1) is 14.9 Å². The molecule has 25 heavy (non-hydrogen) atoms. The number of hydrogen-bond donors (Lipinski definition) is 0. The van der Waals surface area contributed by atoms with Crippen LogP contribution < -0.4 is 4.90 Å². The van der Waals surface area contributed by atoms with Crippen LogP contribution in [0.2, 0.25) is 10.0 Å². The Morgan fingerprint density at radius 3 is 2.72 bits per heavy atom. The van der Waals surface area contributed by atoms with E-state index in [9.17, 15) is 0 Å². The lowest BCUT2D eigenvalue weighted by molar-refractivity contribution is 0.673. The van der Waals surface area contributed by atoms with E-state index in [4.69, 9.17) is 28.2 Å². The van der Waals surface area contributed by atoms with E-state index in [1.165, 1.54) is 0 Å². The van der Waals surface area contributed by atoms with Gasteiger partial charge in [-0.05, 0) is 29.9 Å². The molecular weight excluding hydrogens is 375 g/mol. The number of anilines is 1. The molecule has 1 aliphatic carbocycles. The third-order valence-corrected chi connectivity index (χ3v) is 7.41. The number of imidazole rings is 1. The molecule has 3 atom stereocenters. The Morgan fingerprint density at radius 1 is 1.12 bits per heavy atom. The van der Waals surface area contributed by atoms with Crippen molar-refractivity contribution in [2.75, 3.05) is 18.0 Å². The van der Waals surface area contributed by atoms with Gasteiger partial charge in [-0.25, -0.2) is 9.97 Å². The van der Waals surface area contributed by atoms with E-state index in [1.54, 1.807) is 17.8 Å². The molecule has 3 heterocycles. The topological polar surface area (TPSA) is 33.4 Å². The molecule has 128 valence electrons. The van der Waals surface area contributed by atoms with Crippen molar-refractivity contribution in [3.8, 4) is 0 Å². The maximum Gasteiger partial charge on any atom is 0.211 e. The van der Waals surface area contributed by atoms with E-state index < -0.39 is 0 Å². The van der Waals surface area contributed by atoms with Gasteiger partial charge in [0.15, 0.2) is 5.65 Å². The second-order valence-corrected chi connectivity index (χ2v) is 8.66. The highest BCUT2D eigenvalue weighted by molar-refractivity contribution is 7.99. The Kier molecular flexibility index (Phi) is 3.66. The molecular formula is C18H16Cl2N4S. The van der Waals surface area contributed by atoms with Crippen molar-refractivity contribution in [2.45, 2.75) is 16.7 Å². The summed E-state index contributed by atoms with van der Waals surface area (Å²) in [4.78, 5) is 13.5. The standard InChI is InChI=1S/C18H16Cl2N4S/c1-10-11-8-23(9-12(10)11)18-22-7-15(17-21-5-6-24(17)18)25-14-4-2-3-13(19)16(14)20/h2-7,10-12H,8-9H2,1H3/t10?,11-,12+. The van der Waals surface area contributed by atoms with Crippen LogP contribution in [0.25, 0.3) is 5.65 Å². The number of aromatic nitrogens is 3. The third-order valence-electron chi connectivity index (χ3n) is 5.41. The maximum absolute atomic E-state index is 6.33. The average molecular weight is 391 g/mol. The lowest BCUT2D eigenvalue weighted by Crippen LogP contribution is -2.26. The lowest BCUT2D eigenvalue weighted by atomic mass is 10.3. The van der Waals surface area contributed by atoms with Crippen molar-refractivity contribution in [1.82, 2.24) is 14.4 Å². The van der Waals surface area contributed by atoms with Crippen molar-refractivity contribution >= 4 is 46.6 Å². The van der Waals surface area contributed by atoms with E-state index in [0.29, 0.717) is 10.0 Å². The minimum Gasteiger partial charge on any atom is -0.341 e. The zero-order chi connectivity index (χ0) is 17.1. The molecule has 1 aliphatic heterocycles. The zero-order valence-corrected chi connectivity index (χ0v) is 15.9. The molecule has 1 unspecified atom stereocenters. The molecule has 0 amide bonds. The van der Waals surface area contributed by atoms with Gasteiger partial charge < -0.3 is 4.90 Å². The summed E-state index contributed by atoms with van der Waals surface area (Å²) in [6.45, 7) is 4.54. The third kappa shape index (κ3) is 2.52. The molecule has 2 aromatic heterocycles. The Bertz CT molecular complexity index is 961. The minimum absolute atomic E-state index is 0.557. The predicted molar refractivity (Wildman–Crippen MR) is 102 cm³/mol. The van der Waals surface area contributed by atoms with Crippen LogP contribution in [0.1, 0.15) is 6.92 Å². The first-order chi connectivity index (χ1) is 12.1. The summed E-state index contributed by atoms with van der Waals surface area (Å²) in [7, 11) is 0. The molecule has 2 fully saturated rings. The number of rotatable bonds is 3. The van der Waals surface area contributed by atoms with E-state index in [2.05, 4.69) is 21.2 Å². The summed E-state index contributed by atoms with van der Waals surface area (Å²) >= 11 is 14.0. The van der Waals surface area contributed by atoms with Gasteiger partial charge in [0.1, 0.15) is 0 Å². The zero-order valence-electron chi connectivity index (χ0n) is 13.6. The molecule has 1 saturated carbocycles. The Hall–Kier alpha value is -1.43. The maximum atomic E-state index is 6.33. The lowest BCUT2D eigenvalue weighted by Gasteiger charge is -2.21. The van der Waals surface area contributed by atoms with Gasteiger partial charge in [-0.1, -0.05) is 48.0 Å². The normalized spacial score (nSPS) is 24.8. The van der Waals surface area contributed by atoms with Crippen LogP contribution >= 0.6 is 35.0 Å².